The molecule has 0 aliphatic carbocycles. The van der Waals surface area contributed by atoms with Crippen LogP contribution in [0.25, 0.3) is 0 Å². The van der Waals surface area contributed by atoms with E-state index in [4.69, 9.17) is 14.9 Å². The minimum atomic E-state index is 0.747. The first-order valence-corrected chi connectivity index (χ1v) is 5.82. The van der Waals surface area contributed by atoms with Crippen LogP contribution in [0.5, 0.6) is 5.75 Å². The molecule has 0 amide bonds. The molecule has 0 spiro atoms. The molecule has 0 aliphatic heterocycles. The van der Waals surface area contributed by atoms with Gasteiger partial charge in [0.2, 0.25) is 0 Å². The molecular weight excluding hydrogens is 228 g/mol. The van der Waals surface area contributed by atoms with E-state index in [0.29, 0.717) is 0 Å². The predicted molar refractivity (Wildman–Crippen MR) is 71.3 cm³/mol. The lowest BCUT2D eigenvalue weighted by molar-refractivity contribution is 0.282. The Balaban J connectivity index is 2.06. The highest BCUT2D eigenvalue weighted by Crippen LogP contribution is 2.22. The summed E-state index contributed by atoms with van der Waals surface area (Å²) in [5, 5.41) is 0. The van der Waals surface area contributed by atoms with Crippen molar-refractivity contribution < 1.29 is 9.15 Å². The predicted octanol–water partition coefficient (Wildman–Crippen LogP) is 2.50. The number of nitrogens with zero attached hydrogens (tertiary/aromatic N) is 1. The molecule has 4 heteroatoms. The van der Waals surface area contributed by atoms with Gasteiger partial charge in [-0.2, -0.15) is 0 Å². The number of hydrogen-bond donors (Lipinski definition) is 1. The lowest BCUT2D eigenvalue weighted by Gasteiger charge is -2.17. The van der Waals surface area contributed by atoms with Gasteiger partial charge in [0.25, 0.3) is 0 Å². The highest BCUT2D eigenvalue weighted by Gasteiger charge is 2.08. The van der Waals surface area contributed by atoms with Gasteiger partial charge in [-0.1, -0.05) is 0 Å². The second-order valence-electron chi connectivity index (χ2n) is 4.32. The van der Waals surface area contributed by atoms with Crippen LogP contribution in [0.15, 0.2) is 41.0 Å². The van der Waals surface area contributed by atoms with Crippen molar-refractivity contribution in [2.24, 2.45) is 0 Å². The Labute approximate surface area is 107 Å². The monoisotopic (exact) mass is 246 g/mol. The normalized spacial score (nSPS) is 10.8. The quantitative estimate of drug-likeness (QED) is 0.823. The Morgan fingerprint density at radius 3 is 2.78 bits per heavy atom. The van der Waals surface area contributed by atoms with Crippen molar-refractivity contribution in [2.45, 2.75) is 13.1 Å². The van der Waals surface area contributed by atoms with E-state index in [-0.39, 0.29) is 0 Å². The van der Waals surface area contributed by atoms with Crippen LogP contribution in [0.2, 0.25) is 0 Å². The molecule has 18 heavy (non-hydrogen) atoms. The lowest BCUT2D eigenvalue weighted by atomic mass is 10.1. The molecule has 1 aromatic heterocycles. The first kappa shape index (κ1) is 12.5. The molecule has 2 N–H and O–H groups in total. The van der Waals surface area contributed by atoms with Crippen molar-refractivity contribution in [2.75, 3.05) is 19.9 Å². The largest absolute Gasteiger partial charge is 0.496 e. The van der Waals surface area contributed by atoms with Crippen LogP contribution in [-0.4, -0.2) is 19.1 Å². The van der Waals surface area contributed by atoms with E-state index in [1.165, 1.54) is 0 Å². The van der Waals surface area contributed by atoms with Crippen LogP contribution in [0.4, 0.5) is 5.69 Å². The summed E-state index contributed by atoms with van der Waals surface area (Å²) < 4.78 is 10.7. The maximum Gasteiger partial charge on any atom is 0.123 e. The van der Waals surface area contributed by atoms with Crippen molar-refractivity contribution in [3.63, 3.8) is 0 Å². The molecule has 0 fully saturated rings. The fraction of sp³-hybridized carbons (Fsp3) is 0.286. The summed E-state index contributed by atoms with van der Waals surface area (Å²) >= 11 is 0. The Morgan fingerprint density at radius 1 is 1.28 bits per heavy atom. The zero-order chi connectivity index (χ0) is 13.0. The van der Waals surface area contributed by atoms with Crippen molar-refractivity contribution in [1.29, 1.82) is 0 Å². The minimum Gasteiger partial charge on any atom is -0.496 e. The van der Waals surface area contributed by atoms with Gasteiger partial charge in [0.15, 0.2) is 0 Å². The van der Waals surface area contributed by atoms with E-state index in [0.717, 1.165) is 35.9 Å². The third kappa shape index (κ3) is 3.05. The number of anilines is 1. The van der Waals surface area contributed by atoms with Crippen LogP contribution < -0.4 is 10.5 Å². The highest BCUT2D eigenvalue weighted by atomic mass is 16.5. The molecule has 0 bridgehead atoms. The fourth-order valence-corrected chi connectivity index (χ4v) is 1.94. The van der Waals surface area contributed by atoms with Gasteiger partial charge < -0.3 is 14.9 Å². The molecular formula is C14H18N2O2. The first-order valence-electron chi connectivity index (χ1n) is 5.82. The summed E-state index contributed by atoms with van der Waals surface area (Å²) in [6, 6.07) is 9.54. The zero-order valence-corrected chi connectivity index (χ0v) is 10.7. The average molecular weight is 246 g/mol. The number of rotatable bonds is 5. The summed E-state index contributed by atoms with van der Waals surface area (Å²) in [5.41, 5.74) is 7.62. The third-order valence-electron chi connectivity index (χ3n) is 2.75. The SMILES string of the molecule is COc1ccc(N)cc1CN(C)Cc1ccco1. The zero-order valence-electron chi connectivity index (χ0n) is 10.7. The molecule has 1 heterocycles. The molecule has 2 aromatic rings. The van der Waals surface area contributed by atoms with Gasteiger partial charge in [0, 0.05) is 17.8 Å². The summed E-state index contributed by atoms with van der Waals surface area (Å²) in [6.45, 7) is 1.51. The first-order chi connectivity index (χ1) is 8.69. The van der Waals surface area contributed by atoms with Crippen LogP contribution in [0, 0.1) is 0 Å². The molecule has 0 atom stereocenters. The van der Waals surface area contributed by atoms with Gasteiger partial charge in [-0.05, 0) is 37.4 Å². The maximum atomic E-state index is 5.80. The van der Waals surface area contributed by atoms with Gasteiger partial charge >= 0.3 is 0 Å². The van der Waals surface area contributed by atoms with E-state index in [2.05, 4.69) is 4.90 Å². The Bertz CT molecular complexity index is 495. The maximum absolute atomic E-state index is 5.80. The fourth-order valence-electron chi connectivity index (χ4n) is 1.94. The number of ether oxygens (including phenoxy) is 1. The van der Waals surface area contributed by atoms with Gasteiger partial charge in [-0.15, -0.1) is 0 Å². The van der Waals surface area contributed by atoms with E-state index in [1.807, 2.05) is 37.4 Å². The van der Waals surface area contributed by atoms with E-state index in [1.54, 1.807) is 13.4 Å². The number of furan rings is 1. The Morgan fingerprint density at radius 2 is 2.11 bits per heavy atom. The van der Waals surface area contributed by atoms with Crippen molar-refractivity contribution in [3.8, 4) is 5.75 Å². The Hall–Kier alpha value is -1.94. The average Bonchev–Trinajstić information content (AvgIpc) is 2.82. The molecule has 96 valence electrons. The number of benzene rings is 1. The van der Waals surface area contributed by atoms with E-state index >= 15 is 0 Å². The standard InChI is InChI=1S/C14H18N2O2/c1-16(10-13-4-3-7-18-13)9-11-8-12(15)5-6-14(11)17-2/h3-8H,9-10,15H2,1-2H3. The Kier molecular flexibility index (Phi) is 3.89. The summed E-state index contributed by atoms with van der Waals surface area (Å²) in [7, 11) is 3.70. The van der Waals surface area contributed by atoms with Crippen molar-refractivity contribution >= 4 is 5.69 Å². The smallest absolute Gasteiger partial charge is 0.123 e. The minimum absolute atomic E-state index is 0.747. The molecule has 0 aliphatic rings. The highest BCUT2D eigenvalue weighted by molar-refractivity contribution is 5.47. The number of nitrogen functional groups attached to an aromatic ring is 1. The van der Waals surface area contributed by atoms with Crippen LogP contribution >= 0.6 is 0 Å². The van der Waals surface area contributed by atoms with Gasteiger partial charge in [-0.3, -0.25) is 4.90 Å². The number of nitrogens with two attached hydrogens (primary N) is 1. The van der Waals surface area contributed by atoms with E-state index in [9.17, 15) is 0 Å². The van der Waals surface area contributed by atoms with Gasteiger partial charge in [-0.25, -0.2) is 0 Å². The second-order valence-corrected chi connectivity index (χ2v) is 4.32. The molecule has 0 saturated heterocycles. The molecule has 4 nitrogen and oxygen atoms in total. The summed E-state index contributed by atoms with van der Waals surface area (Å²) in [6.07, 6.45) is 1.68. The molecule has 0 unspecified atom stereocenters. The van der Waals surface area contributed by atoms with Gasteiger partial charge in [0.1, 0.15) is 11.5 Å². The van der Waals surface area contributed by atoms with Crippen LogP contribution in [0.1, 0.15) is 11.3 Å². The summed E-state index contributed by atoms with van der Waals surface area (Å²) in [5.74, 6) is 1.80. The summed E-state index contributed by atoms with van der Waals surface area (Å²) in [4.78, 5) is 2.15. The van der Waals surface area contributed by atoms with Crippen molar-refractivity contribution in [3.05, 3.63) is 47.9 Å². The van der Waals surface area contributed by atoms with Gasteiger partial charge in [0.05, 0.1) is 19.9 Å². The van der Waals surface area contributed by atoms with E-state index < -0.39 is 0 Å². The third-order valence-corrected chi connectivity index (χ3v) is 2.75. The molecule has 1 aromatic carbocycles. The lowest BCUT2D eigenvalue weighted by Crippen LogP contribution is -2.17. The van der Waals surface area contributed by atoms with Crippen LogP contribution in [0.3, 0.4) is 0 Å². The van der Waals surface area contributed by atoms with Crippen molar-refractivity contribution in [1.82, 2.24) is 4.90 Å². The molecule has 0 saturated carbocycles. The second kappa shape index (κ2) is 5.60. The number of methoxy groups -OCH3 is 1. The molecule has 0 radical (unpaired) electrons. The number of hydrogen-bond acceptors (Lipinski definition) is 4. The topological polar surface area (TPSA) is 51.6 Å². The molecule has 2 rings (SSSR count). The van der Waals surface area contributed by atoms with Crippen LogP contribution in [-0.2, 0) is 13.1 Å².